The van der Waals surface area contributed by atoms with E-state index in [1.165, 1.54) is 18.9 Å². The molecule has 47 heavy (non-hydrogen) atoms. The molecule has 3 fully saturated rings. The summed E-state index contributed by atoms with van der Waals surface area (Å²) in [6.45, 7) is 7.80. The summed E-state index contributed by atoms with van der Waals surface area (Å²) in [5.74, 6) is -0.250. The van der Waals surface area contributed by atoms with Crippen LogP contribution in [0.2, 0.25) is 0 Å². The van der Waals surface area contributed by atoms with Gasteiger partial charge in [-0.25, -0.2) is 18.2 Å². The van der Waals surface area contributed by atoms with Gasteiger partial charge in [0.15, 0.2) is 5.82 Å². The van der Waals surface area contributed by atoms with Gasteiger partial charge in [0.1, 0.15) is 35.6 Å². The number of alkyl halides is 1. The molecule has 0 unspecified atom stereocenters. The molecule has 0 spiro atoms. The molecule has 0 radical (unpaired) electrons. The summed E-state index contributed by atoms with van der Waals surface area (Å²) in [6.07, 6.45) is 5.69. The van der Waals surface area contributed by atoms with Gasteiger partial charge in [0, 0.05) is 36.7 Å². The third kappa shape index (κ3) is 5.32. The highest BCUT2D eigenvalue weighted by atomic mass is 19.1. The first-order chi connectivity index (χ1) is 22.8. The van der Waals surface area contributed by atoms with Gasteiger partial charge in [-0.15, -0.1) is 0 Å². The van der Waals surface area contributed by atoms with Crippen molar-refractivity contribution in [3.05, 3.63) is 53.2 Å². The smallest absolute Gasteiger partial charge is 0.319 e. The lowest BCUT2D eigenvalue weighted by Gasteiger charge is -2.32. The summed E-state index contributed by atoms with van der Waals surface area (Å²) >= 11 is 0. The monoisotopic (exact) mass is 644 g/mol. The van der Waals surface area contributed by atoms with Crippen LogP contribution in [-0.2, 0) is 12.8 Å². The fraction of sp³-hybridized carbons (Fsp3) is 0.541. The van der Waals surface area contributed by atoms with E-state index < -0.39 is 17.5 Å². The van der Waals surface area contributed by atoms with Crippen LogP contribution in [0, 0.1) is 17.6 Å². The highest BCUT2D eigenvalue weighted by molar-refractivity contribution is 6.01. The maximum Gasteiger partial charge on any atom is 0.319 e. The topological polar surface area (TPSA) is 75.2 Å². The molecule has 2 aromatic heterocycles. The number of rotatable bonds is 9. The van der Waals surface area contributed by atoms with Gasteiger partial charge in [-0.1, -0.05) is 45.0 Å². The summed E-state index contributed by atoms with van der Waals surface area (Å²) in [4.78, 5) is 16.8. The summed E-state index contributed by atoms with van der Waals surface area (Å²) in [5, 5.41) is 9.56. The van der Waals surface area contributed by atoms with Gasteiger partial charge in [-0.3, -0.25) is 4.90 Å². The molecule has 2 N–H and O–H groups in total. The van der Waals surface area contributed by atoms with Crippen molar-refractivity contribution in [2.75, 3.05) is 25.0 Å². The first kappa shape index (κ1) is 30.8. The predicted molar refractivity (Wildman–Crippen MR) is 179 cm³/mol. The van der Waals surface area contributed by atoms with Crippen LogP contribution >= 0.6 is 0 Å². The number of aryl methyl sites for hydroxylation is 1. The van der Waals surface area contributed by atoms with Gasteiger partial charge >= 0.3 is 6.01 Å². The number of nitrogens with one attached hydrogen (secondary N) is 2. The minimum absolute atomic E-state index is 0.0108. The van der Waals surface area contributed by atoms with Gasteiger partial charge in [0.2, 0.25) is 0 Å². The van der Waals surface area contributed by atoms with Gasteiger partial charge < -0.3 is 15.4 Å². The maximum atomic E-state index is 17.1. The summed E-state index contributed by atoms with van der Waals surface area (Å²) in [6, 6.07) is 9.59. The van der Waals surface area contributed by atoms with E-state index in [2.05, 4.69) is 29.4 Å². The molecule has 2 aromatic carbocycles. The number of anilines is 1. The lowest BCUT2D eigenvalue weighted by molar-refractivity contribution is 0.107. The average Bonchev–Trinajstić information content (AvgIpc) is 3.75. The maximum absolute atomic E-state index is 17.1. The SMILES string of the molecule is CCc1c(F)ccc2cccc(-c3nc4c5c(nc(OC[C@@]67CCCN6C[C@H](F)C7)nc5c3F)N[C@H]([C@H](CC)NC3CC3)[C@@H](C)C4)c12. The molecule has 5 atom stereocenters. The zero-order valence-electron chi connectivity index (χ0n) is 27.4. The van der Waals surface area contributed by atoms with Gasteiger partial charge in [-0.05, 0) is 79.8 Å². The minimum Gasteiger partial charge on any atom is -0.461 e. The highest BCUT2D eigenvalue weighted by Gasteiger charge is 2.49. The lowest BCUT2D eigenvalue weighted by Crippen LogP contribution is -2.48. The van der Waals surface area contributed by atoms with E-state index in [1.54, 1.807) is 6.07 Å². The fourth-order valence-corrected chi connectivity index (χ4v) is 8.60. The number of hydrogen-bond acceptors (Lipinski definition) is 7. The number of benzene rings is 2. The summed E-state index contributed by atoms with van der Waals surface area (Å²) in [7, 11) is 0. The van der Waals surface area contributed by atoms with Crippen molar-refractivity contribution >= 4 is 27.5 Å². The number of aromatic nitrogens is 3. The summed E-state index contributed by atoms with van der Waals surface area (Å²) < 4.78 is 53.0. The van der Waals surface area contributed by atoms with Gasteiger partial charge in [0.05, 0.1) is 16.6 Å². The van der Waals surface area contributed by atoms with Gasteiger partial charge in [0.25, 0.3) is 0 Å². The van der Waals surface area contributed by atoms with E-state index in [1.807, 2.05) is 25.1 Å². The minimum atomic E-state index is -0.887. The molecular weight excluding hydrogens is 601 g/mol. The van der Waals surface area contributed by atoms with Crippen molar-refractivity contribution in [1.82, 2.24) is 25.2 Å². The largest absolute Gasteiger partial charge is 0.461 e. The van der Waals surface area contributed by atoms with E-state index in [0.29, 0.717) is 65.3 Å². The second-order valence-electron chi connectivity index (χ2n) is 14.3. The van der Waals surface area contributed by atoms with E-state index >= 15 is 8.78 Å². The van der Waals surface area contributed by atoms with Gasteiger partial charge in [-0.2, -0.15) is 9.97 Å². The van der Waals surface area contributed by atoms with E-state index in [0.717, 1.165) is 31.2 Å². The second kappa shape index (κ2) is 11.9. The Bertz CT molecular complexity index is 1850. The third-order valence-corrected chi connectivity index (χ3v) is 11.1. The Morgan fingerprint density at radius 1 is 1.11 bits per heavy atom. The first-order valence-electron chi connectivity index (χ1n) is 17.4. The number of ether oxygens (including phenoxy) is 1. The molecule has 3 aliphatic heterocycles. The van der Waals surface area contributed by atoms with Crippen molar-refractivity contribution in [3.63, 3.8) is 0 Å². The van der Waals surface area contributed by atoms with E-state index in [4.69, 9.17) is 19.7 Å². The van der Waals surface area contributed by atoms with Crippen molar-refractivity contribution in [1.29, 1.82) is 0 Å². The molecule has 248 valence electrons. The molecule has 7 nitrogen and oxygen atoms in total. The Hall–Kier alpha value is -3.50. The Kier molecular flexibility index (Phi) is 7.79. The number of fused-ring (bicyclic) bond motifs is 2. The van der Waals surface area contributed by atoms with Crippen LogP contribution in [0.1, 0.15) is 70.6 Å². The molecule has 5 heterocycles. The zero-order valence-corrected chi connectivity index (χ0v) is 27.4. The Morgan fingerprint density at radius 3 is 2.74 bits per heavy atom. The molecular formula is C37H43F3N6O. The second-order valence-corrected chi connectivity index (χ2v) is 14.3. The lowest BCUT2D eigenvalue weighted by atomic mass is 9.89. The number of nitrogens with zero attached hydrogens (tertiary/aromatic N) is 4. The number of halogens is 3. The first-order valence-corrected chi connectivity index (χ1v) is 17.4. The summed E-state index contributed by atoms with van der Waals surface area (Å²) in [5.41, 5.74) is 1.68. The molecule has 4 aromatic rings. The quantitative estimate of drug-likeness (QED) is 0.201. The Labute approximate surface area is 273 Å². The van der Waals surface area contributed by atoms with Crippen molar-refractivity contribution in [2.24, 2.45) is 5.92 Å². The third-order valence-electron chi connectivity index (χ3n) is 11.1. The van der Waals surface area contributed by atoms with Crippen molar-refractivity contribution in [3.8, 4) is 17.3 Å². The molecule has 8 rings (SSSR count). The number of pyridine rings is 1. The van der Waals surface area contributed by atoms with Crippen LogP contribution in [-0.4, -0.2) is 69.4 Å². The van der Waals surface area contributed by atoms with Crippen LogP contribution in [0.5, 0.6) is 6.01 Å². The number of hydrogen-bond donors (Lipinski definition) is 2. The van der Waals surface area contributed by atoms with Crippen LogP contribution in [0.25, 0.3) is 32.9 Å². The molecule has 2 saturated heterocycles. The predicted octanol–water partition coefficient (Wildman–Crippen LogP) is 7.14. The van der Waals surface area contributed by atoms with E-state index in [-0.39, 0.29) is 47.6 Å². The Balaban J connectivity index is 1.28. The molecule has 0 bridgehead atoms. The fourth-order valence-electron chi connectivity index (χ4n) is 8.60. The Morgan fingerprint density at radius 2 is 1.96 bits per heavy atom. The molecule has 10 heteroatoms. The highest BCUT2D eigenvalue weighted by Crippen LogP contribution is 2.42. The standard InChI is InChI=1S/C37H43F3N6O/c1-4-24-26(39)13-10-21-8-6-9-25(29(21)24)33-31(40)34-30-28(42-33)16-20(3)32(27(5-2)41-23-11-12-23)43-35(30)45-36(44-34)47-19-37-14-7-15-46(37)18-22(38)17-37/h6,8-10,13,20,22-23,27,32,41H,4-5,7,11-12,14-19H2,1-3H3,(H,43,44,45)/t20-,22+,27-,32-,37-/m0/s1. The molecule has 1 saturated carbocycles. The van der Waals surface area contributed by atoms with Crippen LogP contribution < -0.4 is 15.4 Å². The van der Waals surface area contributed by atoms with E-state index in [9.17, 15) is 4.39 Å². The normalized spacial score (nSPS) is 26.4. The van der Waals surface area contributed by atoms with Crippen LogP contribution in [0.4, 0.5) is 19.0 Å². The zero-order chi connectivity index (χ0) is 32.4. The molecule has 0 amide bonds. The molecule has 1 aliphatic carbocycles. The molecule has 4 aliphatic rings. The van der Waals surface area contributed by atoms with Crippen molar-refractivity contribution < 1.29 is 17.9 Å². The van der Waals surface area contributed by atoms with Crippen LogP contribution in [0.15, 0.2) is 30.3 Å². The van der Waals surface area contributed by atoms with Crippen LogP contribution in [0.3, 0.4) is 0 Å². The van der Waals surface area contributed by atoms with Crippen molar-refractivity contribution in [2.45, 2.75) is 102 Å². The average molecular weight is 645 g/mol.